The fourth-order valence-corrected chi connectivity index (χ4v) is 5.19. The molecule has 5 unspecified atom stereocenters. The molecule has 20 heavy (non-hydrogen) atoms. The van der Waals surface area contributed by atoms with Crippen LogP contribution in [0.1, 0.15) is 25.0 Å². The summed E-state index contributed by atoms with van der Waals surface area (Å²) in [4.78, 5) is 8.49. The Labute approximate surface area is 120 Å². The highest BCUT2D eigenvalue weighted by Crippen LogP contribution is 2.70. The van der Waals surface area contributed by atoms with Gasteiger partial charge in [0, 0.05) is 24.2 Å². The van der Waals surface area contributed by atoms with Gasteiger partial charge in [-0.25, -0.2) is 9.97 Å². The molecule has 4 rings (SSSR count). The van der Waals surface area contributed by atoms with Gasteiger partial charge in [0.05, 0.1) is 7.11 Å². The molecule has 3 aliphatic rings. The Morgan fingerprint density at radius 1 is 1.30 bits per heavy atom. The van der Waals surface area contributed by atoms with Gasteiger partial charge in [-0.15, -0.1) is 0 Å². The molecule has 0 aromatic carbocycles. The van der Waals surface area contributed by atoms with Crippen LogP contribution < -0.4 is 10.1 Å². The van der Waals surface area contributed by atoms with Gasteiger partial charge in [-0.2, -0.15) is 0 Å². The molecule has 2 bridgehead atoms. The number of nitrogens with one attached hydrogen (secondary N) is 1. The van der Waals surface area contributed by atoms with E-state index in [0.29, 0.717) is 11.9 Å². The van der Waals surface area contributed by atoms with Gasteiger partial charge in [-0.1, -0.05) is 0 Å². The lowest BCUT2D eigenvalue weighted by Gasteiger charge is -2.19. The Kier molecular flexibility index (Phi) is 2.95. The van der Waals surface area contributed by atoms with Crippen molar-refractivity contribution >= 4 is 0 Å². The summed E-state index contributed by atoms with van der Waals surface area (Å²) >= 11 is 0. The SMILES string of the molecule is CNC(Cc1cc(OC)ncn1)C1C2C3CCC(C3)C21. The average molecular weight is 273 g/mol. The topological polar surface area (TPSA) is 47.0 Å². The molecule has 4 heteroatoms. The van der Waals surface area contributed by atoms with Crippen LogP contribution in [0.5, 0.6) is 5.88 Å². The Balaban J connectivity index is 1.47. The van der Waals surface area contributed by atoms with Gasteiger partial charge in [0.2, 0.25) is 5.88 Å². The van der Waals surface area contributed by atoms with Crippen LogP contribution in [0.4, 0.5) is 0 Å². The second-order valence-electron chi connectivity index (χ2n) is 6.72. The lowest BCUT2D eigenvalue weighted by atomic mass is 9.95. The van der Waals surface area contributed by atoms with Gasteiger partial charge < -0.3 is 10.1 Å². The van der Waals surface area contributed by atoms with Gasteiger partial charge in [-0.3, -0.25) is 0 Å². The predicted molar refractivity (Wildman–Crippen MR) is 76.4 cm³/mol. The highest BCUT2D eigenvalue weighted by atomic mass is 16.5. The number of ether oxygens (including phenoxy) is 1. The molecule has 3 fully saturated rings. The molecule has 3 saturated carbocycles. The molecule has 4 nitrogen and oxygen atoms in total. The van der Waals surface area contributed by atoms with E-state index in [-0.39, 0.29) is 0 Å². The first kappa shape index (κ1) is 12.6. The van der Waals surface area contributed by atoms with Crippen molar-refractivity contribution in [3.8, 4) is 5.88 Å². The van der Waals surface area contributed by atoms with Crippen LogP contribution >= 0.6 is 0 Å². The highest BCUT2D eigenvalue weighted by Gasteiger charge is 2.66. The molecule has 1 aromatic heterocycles. The standard InChI is InChI=1S/C16H23N3O/c1-17-12(6-11-7-13(20-2)19-8-18-11)16-14-9-3-4-10(5-9)15(14)16/h7-10,12,14-17H,3-6H2,1-2H3. The molecule has 0 amide bonds. The van der Waals surface area contributed by atoms with Crippen molar-refractivity contribution in [3.05, 3.63) is 18.1 Å². The summed E-state index contributed by atoms with van der Waals surface area (Å²) in [5.74, 6) is 5.63. The maximum absolute atomic E-state index is 5.19. The number of fused-ring (bicyclic) bond motifs is 5. The third-order valence-corrected chi connectivity index (χ3v) is 5.97. The molecule has 0 radical (unpaired) electrons. The van der Waals surface area contributed by atoms with E-state index in [2.05, 4.69) is 22.3 Å². The molecule has 1 heterocycles. The Morgan fingerprint density at radius 2 is 2.05 bits per heavy atom. The average Bonchev–Trinajstić information content (AvgIpc) is 2.91. The summed E-state index contributed by atoms with van der Waals surface area (Å²) in [6, 6.07) is 2.53. The number of hydrogen-bond acceptors (Lipinski definition) is 4. The van der Waals surface area contributed by atoms with Crippen molar-refractivity contribution in [2.45, 2.75) is 31.7 Å². The second kappa shape index (κ2) is 4.69. The van der Waals surface area contributed by atoms with Crippen molar-refractivity contribution in [1.82, 2.24) is 15.3 Å². The normalized spacial score (nSPS) is 38.6. The molecule has 1 aromatic rings. The number of methoxy groups -OCH3 is 1. The van der Waals surface area contributed by atoms with Crippen molar-refractivity contribution in [3.63, 3.8) is 0 Å². The first-order valence-electron chi connectivity index (χ1n) is 7.84. The zero-order chi connectivity index (χ0) is 13.7. The summed E-state index contributed by atoms with van der Waals surface area (Å²) in [7, 11) is 3.75. The van der Waals surface area contributed by atoms with E-state index < -0.39 is 0 Å². The minimum atomic E-state index is 0.563. The molecule has 1 N–H and O–H groups in total. The summed E-state index contributed by atoms with van der Waals surface area (Å²) in [6.07, 6.45) is 7.09. The Hall–Kier alpha value is -1.16. The van der Waals surface area contributed by atoms with E-state index in [1.165, 1.54) is 19.3 Å². The van der Waals surface area contributed by atoms with Crippen LogP contribution in [-0.2, 0) is 6.42 Å². The Morgan fingerprint density at radius 3 is 2.70 bits per heavy atom. The number of rotatable bonds is 5. The van der Waals surface area contributed by atoms with Crippen molar-refractivity contribution in [2.75, 3.05) is 14.2 Å². The van der Waals surface area contributed by atoms with E-state index in [4.69, 9.17) is 4.74 Å². The van der Waals surface area contributed by atoms with Crippen LogP contribution in [0.15, 0.2) is 12.4 Å². The smallest absolute Gasteiger partial charge is 0.216 e. The molecule has 3 aliphatic carbocycles. The van der Waals surface area contributed by atoms with Crippen LogP contribution in [0.3, 0.4) is 0 Å². The lowest BCUT2D eigenvalue weighted by molar-refractivity contribution is 0.372. The predicted octanol–water partition coefficient (Wildman–Crippen LogP) is 1.91. The molecular formula is C16H23N3O. The van der Waals surface area contributed by atoms with Crippen molar-refractivity contribution < 1.29 is 4.74 Å². The summed E-state index contributed by atoms with van der Waals surface area (Å²) in [6.45, 7) is 0. The van der Waals surface area contributed by atoms with Gasteiger partial charge >= 0.3 is 0 Å². The fraction of sp³-hybridized carbons (Fsp3) is 0.750. The minimum absolute atomic E-state index is 0.563. The van der Waals surface area contributed by atoms with Crippen LogP contribution in [0, 0.1) is 29.6 Å². The summed E-state index contributed by atoms with van der Waals surface area (Å²) in [5, 5.41) is 3.55. The number of likely N-dealkylation sites (N-methyl/N-ethyl adjacent to an activating group) is 1. The van der Waals surface area contributed by atoms with Gasteiger partial charge in [-0.05, 0) is 55.9 Å². The maximum atomic E-state index is 5.19. The monoisotopic (exact) mass is 273 g/mol. The van der Waals surface area contributed by atoms with Gasteiger partial charge in [0.25, 0.3) is 0 Å². The second-order valence-corrected chi connectivity index (χ2v) is 6.72. The minimum Gasteiger partial charge on any atom is -0.481 e. The lowest BCUT2D eigenvalue weighted by Crippen LogP contribution is -2.32. The van der Waals surface area contributed by atoms with E-state index in [0.717, 1.165) is 41.7 Å². The van der Waals surface area contributed by atoms with E-state index in [1.807, 2.05) is 6.07 Å². The summed E-state index contributed by atoms with van der Waals surface area (Å²) < 4.78 is 5.19. The first-order chi connectivity index (χ1) is 9.81. The quantitative estimate of drug-likeness (QED) is 0.890. The van der Waals surface area contributed by atoms with E-state index in [1.54, 1.807) is 13.4 Å². The fourth-order valence-electron chi connectivity index (χ4n) is 5.19. The molecule has 0 aliphatic heterocycles. The van der Waals surface area contributed by atoms with Crippen LogP contribution in [0.25, 0.3) is 0 Å². The molecule has 0 saturated heterocycles. The van der Waals surface area contributed by atoms with Crippen LogP contribution in [0.2, 0.25) is 0 Å². The van der Waals surface area contributed by atoms with Gasteiger partial charge in [0.15, 0.2) is 0 Å². The summed E-state index contributed by atoms with van der Waals surface area (Å²) in [5.41, 5.74) is 1.09. The Bertz CT molecular complexity index is 490. The molecule has 108 valence electrons. The zero-order valence-corrected chi connectivity index (χ0v) is 12.2. The third-order valence-electron chi connectivity index (χ3n) is 5.97. The number of hydrogen-bond donors (Lipinski definition) is 1. The maximum Gasteiger partial charge on any atom is 0.216 e. The largest absolute Gasteiger partial charge is 0.481 e. The zero-order valence-electron chi connectivity index (χ0n) is 12.2. The highest BCUT2D eigenvalue weighted by molar-refractivity contribution is 5.19. The molecule has 5 atom stereocenters. The molecular weight excluding hydrogens is 250 g/mol. The molecule has 0 spiro atoms. The third kappa shape index (κ3) is 1.85. The van der Waals surface area contributed by atoms with E-state index in [9.17, 15) is 0 Å². The van der Waals surface area contributed by atoms with Crippen molar-refractivity contribution in [1.29, 1.82) is 0 Å². The van der Waals surface area contributed by atoms with Crippen LogP contribution in [-0.4, -0.2) is 30.2 Å². The first-order valence-corrected chi connectivity index (χ1v) is 7.84. The number of aromatic nitrogens is 2. The van der Waals surface area contributed by atoms with Crippen molar-refractivity contribution in [2.24, 2.45) is 29.6 Å². The van der Waals surface area contributed by atoms with Gasteiger partial charge in [0.1, 0.15) is 6.33 Å². The number of nitrogens with zero attached hydrogens (tertiary/aromatic N) is 2. The van der Waals surface area contributed by atoms with E-state index >= 15 is 0 Å².